The molecule has 1 aliphatic heterocycles. The number of sulfonamides is 1. The van der Waals surface area contributed by atoms with E-state index in [9.17, 15) is 18.0 Å². The summed E-state index contributed by atoms with van der Waals surface area (Å²) in [5.74, 6) is 0.388. The number of hydrogen-bond donors (Lipinski definition) is 2. The van der Waals surface area contributed by atoms with Crippen LogP contribution in [0, 0.1) is 11.8 Å². The molecule has 2 amide bonds. The molecule has 2 aromatic carbocycles. The van der Waals surface area contributed by atoms with Gasteiger partial charge in [0.25, 0.3) is 11.8 Å². The van der Waals surface area contributed by atoms with Crippen molar-refractivity contribution in [1.29, 1.82) is 0 Å². The minimum atomic E-state index is -3.57. The van der Waals surface area contributed by atoms with Crippen LogP contribution < -0.4 is 10.0 Å². The van der Waals surface area contributed by atoms with Crippen molar-refractivity contribution in [2.24, 2.45) is 11.8 Å². The maximum Gasteiger partial charge on any atom is 0.255 e. The second-order valence-corrected chi connectivity index (χ2v) is 10.8. The Balaban J connectivity index is 1.48. The van der Waals surface area contributed by atoms with Crippen molar-refractivity contribution < 1.29 is 18.0 Å². The molecule has 2 fully saturated rings. The summed E-state index contributed by atoms with van der Waals surface area (Å²) >= 11 is 0. The van der Waals surface area contributed by atoms with Crippen LogP contribution in [0.25, 0.3) is 0 Å². The molecule has 1 saturated heterocycles. The van der Waals surface area contributed by atoms with Crippen molar-refractivity contribution in [3.05, 3.63) is 59.7 Å². The molecular formula is C24H29N3O4S. The van der Waals surface area contributed by atoms with Gasteiger partial charge in [-0.05, 0) is 67.5 Å². The molecular weight excluding hydrogens is 426 g/mol. The maximum absolute atomic E-state index is 13.2. The van der Waals surface area contributed by atoms with Gasteiger partial charge >= 0.3 is 0 Å². The number of anilines is 1. The number of piperidine rings is 1. The molecule has 4 rings (SSSR count). The Kier molecular flexibility index (Phi) is 6.35. The van der Waals surface area contributed by atoms with Crippen LogP contribution >= 0.6 is 0 Å². The van der Waals surface area contributed by atoms with Gasteiger partial charge in [-0.3, -0.25) is 9.59 Å². The highest BCUT2D eigenvalue weighted by molar-refractivity contribution is 7.89. The molecule has 2 aromatic rings. The van der Waals surface area contributed by atoms with E-state index < -0.39 is 15.9 Å². The van der Waals surface area contributed by atoms with Crippen LogP contribution in [0.1, 0.15) is 53.8 Å². The van der Waals surface area contributed by atoms with Crippen LogP contribution in [0.3, 0.4) is 0 Å². The Hall–Kier alpha value is -2.71. The smallest absolute Gasteiger partial charge is 0.255 e. The van der Waals surface area contributed by atoms with E-state index in [2.05, 4.69) is 23.9 Å². The largest absolute Gasteiger partial charge is 0.338 e. The molecule has 0 bridgehead atoms. The van der Waals surface area contributed by atoms with E-state index in [1.54, 1.807) is 24.3 Å². The van der Waals surface area contributed by atoms with E-state index in [1.807, 2.05) is 4.90 Å². The van der Waals surface area contributed by atoms with Gasteiger partial charge in [0.05, 0.1) is 16.1 Å². The highest BCUT2D eigenvalue weighted by Gasteiger charge is 2.29. The summed E-state index contributed by atoms with van der Waals surface area (Å²) in [7, 11) is -3.57. The molecule has 2 atom stereocenters. The lowest BCUT2D eigenvalue weighted by molar-refractivity contribution is 0.0624. The average Bonchev–Trinajstić information content (AvgIpc) is 3.56. The number of para-hydroxylation sites is 1. The first-order chi connectivity index (χ1) is 15.2. The topological polar surface area (TPSA) is 95.6 Å². The SMILES string of the molecule is CC1CC(C)CN(C(=O)c2ccccc2NC(=O)c2ccc(S(=O)(=O)NC3CC3)cc2)C1. The van der Waals surface area contributed by atoms with Crippen molar-refractivity contribution >= 4 is 27.5 Å². The third-order valence-electron chi connectivity index (χ3n) is 5.89. The number of nitrogens with zero attached hydrogens (tertiary/aromatic N) is 1. The van der Waals surface area contributed by atoms with Crippen LogP contribution in [0.5, 0.6) is 0 Å². The summed E-state index contributed by atoms with van der Waals surface area (Å²) < 4.78 is 27.3. The summed E-state index contributed by atoms with van der Waals surface area (Å²) in [5, 5.41) is 2.82. The lowest BCUT2D eigenvalue weighted by Crippen LogP contribution is -2.42. The zero-order chi connectivity index (χ0) is 22.9. The Labute approximate surface area is 189 Å². The van der Waals surface area contributed by atoms with Gasteiger partial charge < -0.3 is 10.2 Å². The quantitative estimate of drug-likeness (QED) is 0.697. The van der Waals surface area contributed by atoms with Crippen LogP contribution in [0.4, 0.5) is 5.69 Å². The molecule has 2 aliphatic rings. The van der Waals surface area contributed by atoms with E-state index in [4.69, 9.17) is 0 Å². The van der Waals surface area contributed by atoms with Crippen LogP contribution in [-0.4, -0.2) is 44.3 Å². The second-order valence-electron chi connectivity index (χ2n) is 9.08. The second kappa shape index (κ2) is 9.03. The fourth-order valence-corrected chi connectivity index (χ4v) is 5.55. The van der Waals surface area contributed by atoms with Crippen LogP contribution in [0.15, 0.2) is 53.4 Å². The van der Waals surface area contributed by atoms with Crippen molar-refractivity contribution in [3.63, 3.8) is 0 Å². The fraction of sp³-hybridized carbons (Fsp3) is 0.417. The van der Waals surface area contributed by atoms with E-state index in [-0.39, 0.29) is 16.8 Å². The van der Waals surface area contributed by atoms with Gasteiger partial charge in [0.2, 0.25) is 10.0 Å². The molecule has 0 aromatic heterocycles. The zero-order valence-corrected chi connectivity index (χ0v) is 19.2. The first-order valence-electron chi connectivity index (χ1n) is 11.0. The number of likely N-dealkylation sites (tertiary alicyclic amines) is 1. The van der Waals surface area contributed by atoms with Gasteiger partial charge in [-0.25, -0.2) is 13.1 Å². The number of hydrogen-bond acceptors (Lipinski definition) is 4. The maximum atomic E-state index is 13.2. The molecule has 2 unspecified atom stereocenters. The molecule has 0 radical (unpaired) electrons. The Morgan fingerprint density at radius 1 is 0.938 bits per heavy atom. The molecule has 8 heteroatoms. The lowest BCUT2D eigenvalue weighted by Gasteiger charge is -2.35. The van der Waals surface area contributed by atoms with Gasteiger partial charge in [0.1, 0.15) is 0 Å². The first kappa shape index (κ1) is 22.5. The van der Waals surface area contributed by atoms with E-state index in [0.717, 1.165) is 19.3 Å². The van der Waals surface area contributed by atoms with E-state index in [1.165, 1.54) is 24.3 Å². The van der Waals surface area contributed by atoms with E-state index >= 15 is 0 Å². The van der Waals surface area contributed by atoms with Crippen molar-refractivity contribution in [3.8, 4) is 0 Å². The standard InChI is InChI=1S/C24H29N3O4S/c1-16-13-17(2)15-27(14-16)24(29)21-5-3-4-6-22(21)25-23(28)18-7-11-20(12-8-18)32(30,31)26-19-9-10-19/h3-8,11-12,16-17,19,26H,9-10,13-15H2,1-2H3,(H,25,28). The lowest BCUT2D eigenvalue weighted by atomic mass is 9.91. The average molecular weight is 456 g/mol. The summed E-state index contributed by atoms with van der Waals surface area (Å²) in [4.78, 5) is 28.0. The third-order valence-corrected chi connectivity index (χ3v) is 7.42. The molecule has 1 saturated carbocycles. The van der Waals surface area contributed by atoms with Crippen molar-refractivity contribution in [2.45, 2.75) is 44.0 Å². The van der Waals surface area contributed by atoms with Gasteiger partial charge in [0, 0.05) is 24.7 Å². The highest BCUT2D eigenvalue weighted by atomic mass is 32.2. The highest BCUT2D eigenvalue weighted by Crippen LogP contribution is 2.26. The van der Waals surface area contributed by atoms with Gasteiger partial charge in [-0.1, -0.05) is 26.0 Å². The third kappa shape index (κ3) is 5.19. The number of carbonyl (C=O) groups excluding carboxylic acids is 2. The molecule has 1 aliphatic carbocycles. The normalized spacial score (nSPS) is 21.2. The van der Waals surface area contributed by atoms with Gasteiger partial charge in [-0.2, -0.15) is 0 Å². The monoisotopic (exact) mass is 455 g/mol. The first-order valence-corrected chi connectivity index (χ1v) is 12.5. The molecule has 0 spiro atoms. The Morgan fingerprint density at radius 3 is 2.19 bits per heavy atom. The van der Waals surface area contributed by atoms with Gasteiger partial charge in [-0.15, -0.1) is 0 Å². The molecule has 2 N–H and O–H groups in total. The minimum absolute atomic E-state index is 0.0166. The number of nitrogens with one attached hydrogen (secondary N) is 2. The van der Waals surface area contributed by atoms with Crippen LogP contribution in [0.2, 0.25) is 0 Å². The molecule has 32 heavy (non-hydrogen) atoms. The summed E-state index contributed by atoms with van der Waals surface area (Å²) in [6.45, 7) is 5.70. The predicted molar refractivity (Wildman–Crippen MR) is 123 cm³/mol. The number of amides is 2. The Bertz CT molecular complexity index is 1100. The summed E-state index contributed by atoms with van der Waals surface area (Å²) in [5.41, 5.74) is 1.22. The summed E-state index contributed by atoms with van der Waals surface area (Å²) in [6.07, 6.45) is 2.81. The number of carbonyl (C=O) groups is 2. The summed E-state index contributed by atoms with van der Waals surface area (Å²) in [6, 6.07) is 12.8. The minimum Gasteiger partial charge on any atom is -0.338 e. The Morgan fingerprint density at radius 2 is 1.56 bits per heavy atom. The van der Waals surface area contributed by atoms with E-state index in [0.29, 0.717) is 41.7 Å². The van der Waals surface area contributed by atoms with Gasteiger partial charge in [0.15, 0.2) is 0 Å². The zero-order valence-electron chi connectivity index (χ0n) is 18.4. The number of rotatable bonds is 6. The molecule has 7 nitrogen and oxygen atoms in total. The van der Waals surface area contributed by atoms with Crippen LogP contribution in [-0.2, 0) is 10.0 Å². The molecule has 1 heterocycles. The molecule has 170 valence electrons. The predicted octanol–water partition coefficient (Wildman–Crippen LogP) is 3.50. The number of benzene rings is 2. The van der Waals surface area contributed by atoms with Crippen molar-refractivity contribution in [2.75, 3.05) is 18.4 Å². The fourth-order valence-electron chi connectivity index (χ4n) is 4.25. The van der Waals surface area contributed by atoms with Crippen molar-refractivity contribution in [1.82, 2.24) is 9.62 Å².